The molecule has 3 N–H and O–H groups in total. The number of hydrogen-bond donors (Lipinski definition) is 3. The highest BCUT2D eigenvalue weighted by Gasteiger charge is 2.45. The van der Waals surface area contributed by atoms with Gasteiger partial charge in [-0.05, 0) is 121 Å². The molecule has 12 heteroatoms. The Labute approximate surface area is 340 Å². The summed E-state index contributed by atoms with van der Waals surface area (Å²) in [4.78, 5) is 56.3. The zero-order chi connectivity index (χ0) is 40.2. The van der Waals surface area contributed by atoms with E-state index in [1.165, 1.54) is 22.4 Å². The number of anilines is 2. The molecule has 4 amide bonds. The zero-order valence-corrected chi connectivity index (χ0v) is 32.9. The first-order valence-electron chi connectivity index (χ1n) is 20.5. The maximum atomic E-state index is 13.3. The fraction of sp³-hybridized carbons (Fsp3) is 0.348. The number of imide groups is 2. The number of hydrogen-bond acceptors (Lipinski definition) is 9. The van der Waals surface area contributed by atoms with Gasteiger partial charge in [0.05, 0.1) is 11.1 Å². The molecule has 0 spiro atoms. The molecule has 1 radical (unpaired) electrons. The maximum absolute atomic E-state index is 13.3. The molecule has 8 rings (SSSR count). The van der Waals surface area contributed by atoms with Crippen LogP contribution in [-0.4, -0.2) is 86.0 Å². The summed E-state index contributed by atoms with van der Waals surface area (Å²) in [7, 11) is 0.703. The van der Waals surface area contributed by atoms with E-state index in [1.54, 1.807) is 12.1 Å². The molecule has 3 saturated heterocycles. The number of allylic oxidation sites excluding steroid dienone is 1. The third-order valence-corrected chi connectivity index (χ3v) is 12.2. The van der Waals surface area contributed by atoms with E-state index in [4.69, 9.17) is 9.68 Å². The van der Waals surface area contributed by atoms with Crippen LogP contribution in [0.2, 0.25) is 0 Å². The Morgan fingerprint density at radius 2 is 1.36 bits per heavy atom. The average molecular weight is 779 g/mol. The third kappa shape index (κ3) is 8.17. The van der Waals surface area contributed by atoms with Crippen LogP contribution in [0.3, 0.4) is 0 Å². The van der Waals surface area contributed by atoms with Gasteiger partial charge in [-0.1, -0.05) is 61.5 Å². The van der Waals surface area contributed by atoms with Crippen LogP contribution in [-0.2, 0) is 9.59 Å². The summed E-state index contributed by atoms with van der Waals surface area (Å²) in [5.74, 6) is -0.738. The minimum absolute atomic E-state index is 0.0998. The number of fused-ring (bicyclic) bond motifs is 1. The van der Waals surface area contributed by atoms with Gasteiger partial charge in [0, 0.05) is 50.0 Å². The van der Waals surface area contributed by atoms with E-state index >= 15 is 0 Å². The van der Waals surface area contributed by atoms with Crippen molar-refractivity contribution in [1.82, 2.24) is 15.5 Å². The van der Waals surface area contributed by atoms with E-state index in [9.17, 15) is 19.2 Å². The predicted molar refractivity (Wildman–Crippen MR) is 225 cm³/mol. The maximum Gasteiger partial charge on any atom is 0.569 e. The van der Waals surface area contributed by atoms with E-state index in [0.29, 0.717) is 36.5 Å². The highest BCUT2D eigenvalue weighted by Crippen LogP contribution is 2.37. The van der Waals surface area contributed by atoms with Gasteiger partial charge in [-0.25, -0.2) is 0 Å². The van der Waals surface area contributed by atoms with Gasteiger partial charge in [0.1, 0.15) is 11.8 Å². The number of carbonyl (C=O) groups is 4. The van der Waals surface area contributed by atoms with Gasteiger partial charge in [0.25, 0.3) is 11.8 Å². The van der Waals surface area contributed by atoms with E-state index in [0.717, 1.165) is 86.5 Å². The van der Waals surface area contributed by atoms with Crippen molar-refractivity contribution in [3.63, 3.8) is 0 Å². The average Bonchev–Trinajstić information content (AvgIpc) is 3.51. The Morgan fingerprint density at radius 3 is 2.02 bits per heavy atom. The molecule has 58 heavy (non-hydrogen) atoms. The highest BCUT2D eigenvalue weighted by molar-refractivity contribution is 6.23. The number of benzene rings is 4. The van der Waals surface area contributed by atoms with E-state index in [2.05, 4.69) is 75.9 Å². The largest absolute Gasteiger partial charge is 0.569 e. The standard InChI is InChI=1S/C46H49BN5O6/c1-2-38(31-6-4-3-5-7-31)43(33-10-15-37(16-11-33)58-47-57)32-8-12-35(13-9-32)50-24-20-30(21-25-50)29-48-34-22-26-51(27-23-34)36-14-17-39-40(28-36)46(56)52(45(39)55)41-18-19-42(53)49-44(41)54/h3-17,28,30,34,41,48,57H,2,18-27,29H2,1H3,(H,49,53,54)/b43-38-. The van der Waals surface area contributed by atoms with E-state index < -0.39 is 23.8 Å². The minimum atomic E-state index is -0.963. The Hall–Kier alpha value is -5.72. The summed E-state index contributed by atoms with van der Waals surface area (Å²) in [5.41, 5.74) is 8.68. The zero-order valence-electron chi connectivity index (χ0n) is 32.9. The van der Waals surface area contributed by atoms with Crippen molar-refractivity contribution in [2.75, 3.05) is 42.5 Å². The normalized spacial score (nSPS) is 19.6. The van der Waals surface area contributed by atoms with E-state index in [-0.39, 0.29) is 18.7 Å². The van der Waals surface area contributed by atoms with Gasteiger partial charge in [-0.15, -0.1) is 0 Å². The summed E-state index contributed by atoms with van der Waals surface area (Å²) in [6.07, 6.45) is 5.34. The van der Waals surface area contributed by atoms with Crippen molar-refractivity contribution in [1.29, 1.82) is 0 Å². The van der Waals surface area contributed by atoms with Crippen molar-refractivity contribution in [3.05, 3.63) is 125 Å². The lowest BCUT2D eigenvalue weighted by Gasteiger charge is -2.37. The van der Waals surface area contributed by atoms with Gasteiger partial charge in [0.2, 0.25) is 11.8 Å². The third-order valence-electron chi connectivity index (χ3n) is 12.2. The molecule has 0 saturated carbocycles. The molecule has 297 valence electrons. The fourth-order valence-electron chi connectivity index (χ4n) is 9.01. The van der Waals surface area contributed by atoms with Crippen LogP contribution in [0.1, 0.15) is 89.3 Å². The number of piperidine rings is 3. The molecule has 11 nitrogen and oxygen atoms in total. The van der Waals surface area contributed by atoms with Crippen LogP contribution >= 0.6 is 0 Å². The number of nitrogens with one attached hydrogen (secondary N) is 2. The minimum Gasteiger partial charge on any atom is -0.537 e. The summed E-state index contributed by atoms with van der Waals surface area (Å²) >= 11 is 0. The topological polar surface area (TPSA) is 132 Å². The van der Waals surface area contributed by atoms with Crippen molar-refractivity contribution < 1.29 is 28.9 Å². The van der Waals surface area contributed by atoms with Crippen LogP contribution in [0.4, 0.5) is 11.4 Å². The molecule has 0 bridgehead atoms. The lowest BCUT2D eigenvalue weighted by Crippen LogP contribution is -2.54. The quantitative estimate of drug-likeness (QED) is 0.0924. The molecule has 0 aliphatic carbocycles. The predicted octanol–water partition coefficient (Wildman–Crippen LogP) is 5.84. The second-order valence-electron chi connectivity index (χ2n) is 15.6. The first-order valence-corrected chi connectivity index (χ1v) is 20.5. The van der Waals surface area contributed by atoms with Crippen LogP contribution in [0.15, 0.2) is 97.1 Å². The molecular formula is C46H49BN5O6. The summed E-state index contributed by atoms with van der Waals surface area (Å²) in [6.45, 7) is 6.91. The summed E-state index contributed by atoms with van der Waals surface area (Å²) in [6, 6.07) is 32.2. The number of carbonyl (C=O) groups excluding carboxylic acids is 4. The second kappa shape index (κ2) is 17.4. The molecule has 4 aromatic carbocycles. The Balaban J connectivity index is 0.837. The van der Waals surface area contributed by atoms with Crippen molar-refractivity contribution in [2.24, 2.45) is 5.92 Å². The molecule has 4 heterocycles. The molecule has 1 atom stereocenters. The summed E-state index contributed by atoms with van der Waals surface area (Å²) in [5, 5.41) is 15.2. The summed E-state index contributed by atoms with van der Waals surface area (Å²) < 4.78 is 5.18. The first-order chi connectivity index (χ1) is 28.3. The van der Waals surface area contributed by atoms with Crippen LogP contribution in [0.25, 0.3) is 11.1 Å². The van der Waals surface area contributed by atoms with Crippen LogP contribution in [0.5, 0.6) is 5.75 Å². The molecular weight excluding hydrogens is 729 g/mol. The van der Waals surface area contributed by atoms with Crippen molar-refractivity contribution >= 4 is 53.8 Å². The molecule has 3 fully saturated rings. The molecule has 4 aliphatic heterocycles. The molecule has 4 aromatic rings. The van der Waals surface area contributed by atoms with Crippen molar-refractivity contribution in [3.8, 4) is 5.75 Å². The lowest BCUT2D eigenvalue weighted by molar-refractivity contribution is -0.136. The Morgan fingerprint density at radius 1 is 0.741 bits per heavy atom. The second-order valence-corrected chi connectivity index (χ2v) is 15.6. The van der Waals surface area contributed by atoms with Gasteiger partial charge >= 0.3 is 7.69 Å². The monoisotopic (exact) mass is 778 g/mol. The van der Waals surface area contributed by atoms with Gasteiger partial charge in [-0.3, -0.25) is 29.4 Å². The van der Waals surface area contributed by atoms with Gasteiger partial charge < -0.3 is 24.8 Å². The van der Waals surface area contributed by atoms with Crippen LogP contribution in [0, 0.1) is 5.92 Å². The smallest absolute Gasteiger partial charge is 0.537 e. The first kappa shape index (κ1) is 39.1. The van der Waals surface area contributed by atoms with Crippen molar-refractivity contribution in [2.45, 2.75) is 64.0 Å². The molecule has 4 aliphatic rings. The van der Waals surface area contributed by atoms with Gasteiger partial charge in [0.15, 0.2) is 0 Å². The Bertz CT molecular complexity index is 2180. The lowest BCUT2D eigenvalue weighted by atomic mass is 9.88. The van der Waals surface area contributed by atoms with E-state index in [1.807, 2.05) is 36.4 Å². The van der Waals surface area contributed by atoms with Crippen LogP contribution < -0.4 is 25.1 Å². The highest BCUT2D eigenvalue weighted by atomic mass is 16.5. The number of amides is 4. The number of nitrogens with zero attached hydrogens (tertiary/aromatic N) is 3. The SMILES string of the molecule is CC/C(=C(/c1ccc(O[B]O)cc1)c1ccc(N2CCC(CNC3CCN(c4ccc5c(c4)C(=O)N(C4CCC(=O)NC4=O)C5=O)CC3)CC2)cc1)c1ccccc1. The van der Waals surface area contributed by atoms with Gasteiger partial charge in [-0.2, -0.15) is 0 Å². The number of rotatable bonds is 12. The Kier molecular flexibility index (Phi) is 11.7. The molecule has 1 unspecified atom stereocenters. The molecule has 0 aromatic heterocycles. The fourth-order valence-corrected chi connectivity index (χ4v) is 9.01.